The number of carbonyl (C=O) groups excluding carboxylic acids is 3. The van der Waals surface area contributed by atoms with Crippen LogP contribution in [-0.4, -0.2) is 66.0 Å². The quantitative estimate of drug-likeness (QED) is 0.527. The molecule has 140 valence electrons. The molecular weight excluding hydrogens is 322 g/mol. The minimum atomic E-state index is -0.213. The standard InChI is InChI=1S/C17H29N5O3/c1-10(2)19-17(25)21-12-7-14-16(24)18-8-13(22(14)9-12)5-6-15(23)20-11-3-4-11/h10-14H,3-9H2,1-2H3,(H,18,24)(H,20,23)(H2,19,21,25)/t12-,13+,14-/m0/s1. The molecule has 3 rings (SSSR count). The molecule has 2 aliphatic heterocycles. The van der Waals surface area contributed by atoms with Crippen molar-refractivity contribution in [1.29, 1.82) is 0 Å². The molecule has 2 saturated heterocycles. The Morgan fingerprint density at radius 2 is 2.00 bits per heavy atom. The summed E-state index contributed by atoms with van der Waals surface area (Å²) in [6, 6.07) is 0.148. The first-order chi connectivity index (χ1) is 11.9. The van der Waals surface area contributed by atoms with E-state index in [4.69, 9.17) is 0 Å². The van der Waals surface area contributed by atoms with E-state index in [1.165, 1.54) is 0 Å². The fraction of sp³-hybridized carbons (Fsp3) is 0.824. The van der Waals surface area contributed by atoms with Crippen molar-refractivity contribution in [3.8, 4) is 0 Å². The van der Waals surface area contributed by atoms with E-state index in [1.807, 2.05) is 13.8 Å². The average molecular weight is 351 g/mol. The summed E-state index contributed by atoms with van der Waals surface area (Å²) >= 11 is 0. The number of carbonyl (C=O) groups is 3. The molecule has 0 aromatic rings. The lowest BCUT2D eigenvalue weighted by molar-refractivity contribution is -0.129. The number of nitrogens with zero attached hydrogens (tertiary/aromatic N) is 1. The van der Waals surface area contributed by atoms with Crippen molar-refractivity contribution in [3.63, 3.8) is 0 Å². The number of urea groups is 1. The minimum Gasteiger partial charge on any atom is -0.353 e. The van der Waals surface area contributed by atoms with Gasteiger partial charge in [0, 0.05) is 43.7 Å². The molecule has 4 amide bonds. The van der Waals surface area contributed by atoms with Crippen molar-refractivity contribution in [3.05, 3.63) is 0 Å². The van der Waals surface area contributed by atoms with Crippen LogP contribution in [0.25, 0.3) is 0 Å². The maximum Gasteiger partial charge on any atom is 0.315 e. The highest BCUT2D eigenvalue weighted by atomic mass is 16.2. The Morgan fingerprint density at radius 3 is 2.68 bits per heavy atom. The molecule has 8 heteroatoms. The summed E-state index contributed by atoms with van der Waals surface area (Å²) in [5, 5.41) is 11.7. The van der Waals surface area contributed by atoms with Gasteiger partial charge in [-0.2, -0.15) is 0 Å². The summed E-state index contributed by atoms with van der Waals surface area (Å²) in [7, 11) is 0. The fourth-order valence-corrected chi connectivity index (χ4v) is 3.66. The van der Waals surface area contributed by atoms with Gasteiger partial charge in [0.15, 0.2) is 0 Å². The smallest absolute Gasteiger partial charge is 0.315 e. The molecular formula is C17H29N5O3. The number of fused-ring (bicyclic) bond motifs is 1. The van der Waals surface area contributed by atoms with Crippen molar-refractivity contribution >= 4 is 17.8 Å². The molecule has 0 radical (unpaired) electrons. The van der Waals surface area contributed by atoms with Gasteiger partial charge >= 0.3 is 6.03 Å². The van der Waals surface area contributed by atoms with E-state index in [9.17, 15) is 14.4 Å². The SMILES string of the molecule is CC(C)NC(=O)N[C@H]1C[C@H]2C(=O)NC[C@@H](CCC(=O)NC3CC3)N2C1. The molecule has 3 aliphatic rings. The van der Waals surface area contributed by atoms with Gasteiger partial charge in [-0.15, -0.1) is 0 Å². The summed E-state index contributed by atoms with van der Waals surface area (Å²) in [5.74, 6) is 0.119. The maximum absolute atomic E-state index is 12.2. The Hall–Kier alpha value is -1.83. The summed E-state index contributed by atoms with van der Waals surface area (Å²) < 4.78 is 0. The maximum atomic E-state index is 12.2. The van der Waals surface area contributed by atoms with E-state index < -0.39 is 0 Å². The van der Waals surface area contributed by atoms with Crippen LogP contribution in [0.4, 0.5) is 4.79 Å². The van der Waals surface area contributed by atoms with Crippen molar-refractivity contribution < 1.29 is 14.4 Å². The molecule has 25 heavy (non-hydrogen) atoms. The first-order valence-corrected chi connectivity index (χ1v) is 9.32. The van der Waals surface area contributed by atoms with E-state index in [0.29, 0.717) is 32.0 Å². The van der Waals surface area contributed by atoms with Gasteiger partial charge < -0.3 is 21.3 Å². The molecule has 8 nitrogen and oxygen atoms in total. The Morgan fingerprint density at radius 1 is 1.24 bits per heavy atom. The zero-order valence-corrected chi connectivity index (χ0v) is 15.0. The first kappa shape index (κ1) is 18.0. The van der Waals surface area contributed by atoms with Crippen LogP contribution >= 0.6 is 0 Å². The second-order valence-electron chi connectivity index (χ2n) is 7.70. The van der Waals surface area contributed by atoms with Gasteiger partial charge in [0.25, 0.3) is 0 Å². The number of rotatable bonds is 6. The zero-order valence-electron chi connectivity index (χ0n) is 15.0. The predicted molar refractivity (Wildman–Crippen MR) is 92.9 cm³/mol. The molecule has 0 aromatic carbocycles. The van der Waals surface area contributed by atoms with Gasteiger partial charge in [0.1, 0.15) is 0 Å². The average Bonchev–Trinajstić information content (AvgIpc) is 3.23. The number of hydrogen-bond donors (Lipinski definition) is 4. The number of amides is 4. The lowest BCUT2D eigenvalue weighted by Crippen LogP contribution is -2.58. The molecule has 2 heterocycles. The van der Waals surface area contributed by atoms with Gasteiger partial charge in [0.05, 0.1) is 6.04 Å². The number of nitrogens with one attached hydrogen (secondary N) is 4. The number of piperazine rings is 1. The Balaban J connectivity index is 1.51. The van der Waals surface area contributed by atoms with Crippen LogP contribution in [0.5, 0.6) is 0 Å². The lowest BCUT2D eigenvalue weighted by Gasteiger charge is -2.37. The monoisotopic (exact) mass is 351 g/mol. The van der Waals surface area contributed by atoms with Crippen molar-refractivity contribution in [2.24, 2.45) is 0 Å². The summed E-state index contributed by atoms with van der Waals surface area (Å²) in [6.45, 7) is 5.04. The van der Waals surface area contributed by atoms with Crippen LogP contribution in [0.3, 0.4) is 0 Å². The second kappa shape index (κ2) is 7.59. The van der Waals surface area contributed by atoms with Crippen LogP contribution in [0.15, 0.2) is 0 Å². The molecule has 3 fully saturated rings. The van der Waals surface area contributed by atoms with Gasteiger partial charge in [-0.3, -0.25) is 14.5 Å². The predicted octanol–water partition coefficient (Wildman–Crippen LogP) is -0.306. The molecule has 0 aromatic heterocycles. The van der Waals surface area contributed by atoms with Crippen LogP contribution in [-0.2, 0) is 9.59 Å². The van der Waals surface area contributed by atoms with Crippen LogP contribution < -0.4 is 21.3 Å². The molecule has 1 saturated carbocycles. The highest BCUT2D eigenvalue weighted by Crippen LogP contribution is 2.26. The minimum absolute atomic E-state index is 0.0206. The summed E-state index contributed by atoms with van der Waals surface area (Å²) in [4.78, 5) is 38.1. The largest absolute Gasteiger partial charge is 0.353 e. The Bertz CT molecular complexity index is 534. The first-order valence-electron chi connectivity index (χ1n) is 9.32. The van der Waals surface area contributed by atoms with Crippen molar-refractivity contribution in [1.82, 2.24) is 26.2 Å². The Kier molecular flexibility index (Phi) is 5.46. The molecule has 0 unspecified atom stereocenters. The van der Waals surface area contributed by atoms with Crippen LogP contribution in [0.1, 0.15) is 46.0 Å². The molecule has 0 bridgehead atoms. The van der Waals surface area contributed by atoms with Gasteiger partial charge in [-0.1, -0.05) is 0 Å². The van der Waals surface area contributed by atoms with E-state index in [2.05, 4.69) is 26.2 Å². The van der Waals surface area contributed by atoms with E-state index in [0.717, 1.165) is 19.3 Å². The van der Waals surface area contributed by atoms with Crippen molar-refractivity contribution in [2.45, 2.75) is 76.2 Å². The van der Waals surface area contributed by atoms with Crippen molar-refractivity contribution in [2.75, 3.05) is 13.1 Å². The molecule has 4 N–H and O–H groups in total. The topological polar surface area (TPSA) is 103 Å². The molecule has 3 atom stereocenters. The van der Waals surface area contributed by atoms with E-state index in [1.54, 1.807) is 0 Å². The normalized spacial score (nSPS) is 29.1. The second-order valence-corrected chi connectivity index (χ2v) is 7.70. The highest BCUT2D eigenvalue weighted by molar-refractivity contribution is 5.83. The van der Waals surface area contributed by atoms with Gasteiger partial charge in [-0.25, -0.2) is 4.79 Å². The van der Waals surface area contributed by atoms with Gasteiger partial charge in [-0.05, 0) is 39.5 Å². The van der Waals surface area contributed by atoms with E-state index in [-0.39, 0.29) is 42.0 Å². The molecule has 0 spiro atoms. The lowest BCUT2D eigenvalue weighted by atomic mass is 10.0. The zero-order chi connectivity index (χ0) is 18.0. The number of hydrogen-bond acceptors (Lipinski definition) is 4. The van der Waals surface area contributed by atoms with E-state index >= 15 is 0 Å². The third kappa shape index (κ3) is 4.84. The Labute approximate surface area is 148 Å². The summed E-state index contributed by atoms with van der Waals surface area (Å²) in [5.41, 5.74) is 0. The fourth-order valence-electron chi connectivity index (χ4n) is 3.66. The summed E-state index contributed by atoms with van der Waals surface area (Å²) in [6.07, 6.45) is 3.99. The third-order valence-corrected chi connectivity index (χ3v) is 5.02. The third-order valence-electron chi connectivity index (χ3n) is 5.02. The molecule has 1 aliphatic carbocycles. The van der Waals surface area contributed by atoms with Gasteiger partial charge in [0.2, 0.25) is 11.8 Å². The van der Waals surface area contributed by atoms with Crippen LogP contribution in [0.2, 0.25) is 0 Å². The highest BCUT2D eigenvalue weighted by Gasteiger charge is 2.43. The van der Waals surface area contributed by atoms with Crippen LogP contribution in [0, 0.1) is 0 Å².